The average Bonchev–Trinajstić information content (AvgIpc) is 3.08. The number of hydrogen-bond acceptors (Lipinski definition) is 6. The lowest BCUT2D eigenvalue weighted by Crippen LogP contribution is -2.38. The number of methoxy groups -OCH3 is 1. The van der Waals surface area contributed by atoms with E-state index in [9.17, 15) is 4.79 Å². The van der Waals surface area contributed by atoms with Gasteiger partial charge in [-0.25, -0.2) is 0 Å². The standard InChI is InChI=1S/C25H36O6/c1-7-10-22(24-21(9-3)30-25(4,5)31-24)29-23(26)16-15-19(8-2)28-17-18-11-13-20(27-6)14-12-18/h8-9,11-14,19,21-22,24H,2-3,7,10,15-17H2,1,4-6H3/t19-,21+,22-,24+/m1/s1. The summed E-state index contributed by atoms with van der Waals surface area (Å²) in [5, 5.41) is 0. The van der Waals surface area contributed by atoms with Crippen LogP contribution in [0.1, 0.15) is 52.0 Å². The summed E-state index contributed by atoms with van der Waals surface area (Å²) in [6.45, 7) is 13.8. The van der Waals surface area contributed by atoms with Gasteiger partial charge in [0.1, 0.15) is 24.1 Å². The van der Waals surface area contributed by atoms with E-state index in [4.69, 9.17) is 23.7 Å². The first kappa shape index (κ1) is 25.1. The third-order valence-corrected chi connectivity index (χ3v) is 5.14. The van der Waals surface area contributed by atoms with E-state index in [0.717, 1.165) is 17.7 Å². The van der Waals surface area contributed by atoms with Crippen molar-refractivity contribution in [3.63, 3.8) is 0 Å². The number of carbonyl (C=O) groups excluding carboxylic acids is 1. The van der Waals surface area contributed by atoms with E-state index in [1.165, 1.54) is 0 Å². The van der Waals surface area contributed by atoms with Crippen molar-refractivity contribution in [1.82, 2.24) is 0 Å². The monoisotopic (exact) mass is 432 g/mol. The van der Waals surface area contributed by atoms with Crippen LogP contribution in [0.3, 0.4) is 0 Å². The predicted octanol–water partition coefficient (Wildman–Crippen LogP) is 4.96. The van der Waals surface area contributed by atoms with E-state index in [-0.39, 0.29) is 36.8 Å². The molecular weight excluding hydrogens is 396 g/mol. The summed E-state index contributed by atoms with van der Waals surface area (Å²) in [6.07, 6.45) is 4.40. The second-order valence-corrected chi connectivity index (χ2v) is 8.09. The third-order valence-electron chi connectivity index (χ3n) is 5.14. The smallest absolute Gasteiger partial charge is 0.306 e. The molecule has 31 heavy (non-hydrogen) atoms. The molecule has 0 amide bonds. The van der Waals surface area contributed by atoms with Crippen molar-refractivity contribution in [2.45, 2.75) is 83.3 Å². The van der Waals surface area contributed by atoms with Gasteiger partial charge in [0.15, 0.2) is 5.79 Å². The van der Waals surface area contributed by atoms with Crippen LogP contribution in [-0.4, -0.2) is 43.3 Å². The Balaban J connectivity index is 1.85. The van der Waals surface area contributed by atoms with Gasteiger partial charge in [-0.3, -0.25) is 4.79 Å². The van der Waals surface area contributed by atoms with Gasteiger partial charge in [0, 0.05) is 6.42 Å². The fourth-order valence-corrected chi connectivity index (χ4v) is 3.54. The lowest BCUT2D eigenvalue weighted by molar-refractivity contribution is -0.172. The Morgan fingerprint density at radius 2 is 1.90 bits per heavy atom. The van der Waals surface area contributed by atoms with Crippen LogP contribution in [0.4, 0.5) is 0 Å². The van der Waals surface area contributed by atoms with E-state index in [2.05, 4.69) is 13.2 Å². The topological polar surface area (TPSA) is 63.2 Å². The van der Waals surface area contributed by atoms with Gasteiger partial charge in [0.2, 0.25) is 0 Å². The molecule has 1 aliphatic heterocycles. The molecule has 0 aromatic heterocycles. The molecule has 4 atom stereocenters. The zero-order valence-electron chi connectivity index (χ0n) is 19.2. The maximum atomic E-state index is 12.6. The van der Waals surface area contributed by atoms with Crippen LogP contribution < -0.4 is 4.74 Å². The van der Waals surface area contributed by atoms with E-state index < -0.39 is 5.79 Å². The summed E-state index contributed by atoms with van der Waals surface area (Å²) in [5.41, 5.74) is 1.02. The molecule has 6 nitrogen and oxygen atoms in total. The molecule has 0 bridgehead atoms. The zero-order valence-corrected chi connectivity index (χ0v) is 19.2. The number of esters is 1. The minimum atomic E-state index is -0.731. The fourth-order valence-electron chi connectivity index (χ4n) is 3.54. The molecule has 0 spiro atoms. The molecule has 1 aromatic rings. The second-order valence-electron chi connectivity index (χ2n) is 8.09. The summed E-state index contributed by atoms with van der Waals surface area (Å²) >= 11 is 0. The molecule has 6 heteroatoms. The molecular formula is C25H36O6. The maximum absolute atomic E-state index is 12.6. The van der Waals surface area contributed by atoms with Crippen molar-refractivity contribution in [2.75, 3.05) is 7.11 Å². The first-order chi connectivity index (χ1) is 14.8. The van der Waals surface area contributed by atoms with Gasteiger partial charge in [-0.05, 0) is 44.4 Å². The summed E-state index contributed by atoms with van der Waals surface area (Å²) < 4.78 is 28.7. The van der Waals surface area contributed by atoms with Gasteiger partial charge in [-0.1, -0.05) is 37.6 Å². The summed E-state index contributed by atoms with van der Waals surface area (Å²) in [7, 11) is 1.63. The van der Waals surface area contributed by atoms with Crippen molar-refractivity contribution in [3.05, 3.63) is 55.1 Å². The molecule has 0 aliphatic carbocycles. The summed E-state index contributed by atoms with van der Waals surface area (Å²) in [6, 6.07) is 7.67. The minimum Gasteiger partial charge on any atom is -0.497 e. The Morgan fingerprint density at radius 1 is 1.19 bits per heavy atom. The van der Waals surface area contributed by atoms with E-state index >= 15 is 0 Å². The molecule has 1 fully saturated rings. The van der Waals surface area contributed by atoms with E-state index in [0.29, 0.717) is 19.4 Å². The Hall–Kier alpha value is -2.15. The van der Waals surface area contributed by atoms with Crippen LogP contribution in [0.15, 0.2) is 49.6 Å². The highest BCUT2D eigenvalue weighted by molar-refractivity contribution is 5.69. The number of carbonyl (C=O) groups is 1. The van der Waals surface area contributed by atoms with Gasteiger partial charge in [-0.2, -0.15) is 0 Å². The molecule has 1 aromatic carbocycles. The van der Waals surface area contributed by atoms with Crippen LogP contribution in [0.2, 0.25) is 0 Å². The van der Waals surface area contributed by atoms with Gasteiger partial charge >= 0.3 is 5.97 Å². The van der Waals surface area contributed by atoms with E-state index in [1.54, 1.807) is 19.3 Å². The van der Waals surface area contributed by atoms with Gasteiger partial charge in [0.25, 0.3) is 0 Å². The number of ether oxygens (including phenoxy) is 5. The number of rotatable bonds is 13. The van der Waals surface area contributed by atoms with Crippen LogP contribution in [0, 0.1) is 0 Å². The minimum absolute atomic E-state index is 0.231. The molecule has 0 unspecified atom stereocenters. The highest BCUT2D eigenvalue weighted by Crippen LogP contribution is 2.33. The lowest BCUT2D eigenvalue weighted by atomic mass is 10.0. The van der Waals surface area contributed by atoms with Gasteiger partial charge < -0.3 is 23.7 Å². The molecule has 172 valence electrons. The van der Waals surface area contributed by atoms with Crippen LogP contribution >= 0.6 is 0 Å². The quantitative estimate of drug-likeness (QED) is 0.324. The Kier molecular flexibility index (Phi) is 9.75. The molecule has 1 heterocycles. The highest BCUT2D eigenvalue weighted by Gasteiger charge is 2.44. The molecule has 0 radical (unpaired) electrons. The molecule has 1 saturated heterocycles. The van der Waals surface area contributed by atoms with Crippen LogP contribution in [0.25, 0.3) is 0 Å². The fraction of sp³-hybridized carbons (Fsp3) is 0.560. The van der Waals surface area contributed by atoms with Gasteiger partial charge in [0.05, 0.1) is 19.8 Å². The first-order valence-corrected chi connectivity index (χ1v) is 10.9. The highest BCUT2D eigenvalue weighted by atomic mass is 16.8. The second kappa shape index (κ2) is 12.0. The SMILES string of the molecule is C=C[C@H](CCC(=O)O[C@H](CCC)[C@H]1OC(C)(C)O[C@H]1C=C)OCc1ccc(OC)cc1. The first-order valence-electron chi connectivity index (χ1n) is 10.9. The van der Waals surface area contributed by atoms with Crippen LogP contribution in [0.5, 0.6) is 5.75 Å². The largest absolute Gasteiger partial charge is 0.497 e. The summed E-state index contributed by atoms with van der Waals surface area (Å²) in [5.74, 6) is -0.216. The molecule has 2 rings (SSSR count). The van der Waals surface area contributed by atoms with Gasteiger partial charge in [-0.15, -0.1) is 13.2 Å². The van der Waals surface area contributed by atoms with Crippen molar-refractivity contribution < 1.29 is 28.5 Å². The zero-order chi connectivity index (χ0) is 22.9. The molecule has 1 aliphatic rings. The van der Waals surface area contributed by atoms with Crippen molar-refractivity contribution in [1.29, 1.82) is 0 Å². The third kappa shape index (κ3) is 7.80. The van der Waals surface area contributed by atoms with Crippen molar-refractivity contribution in [2.24, 2.45) is 0 Å². The lowest BCUT2D eigenvalue weighted by Gasteiger charge is -2.26. The van der Waals surface area contributed by atoms with E-state index in [1.807, 2.05) is 45.0 Å². The number of hydrogen-bond donors (Lipinski definition) is 0. The van der Waals surface area contributed by atoms with Crippen LogP contribution in [-0.2, 0) is 30.3 Å². The molecule has 0 saturated carbocycles. The number of benzene rings is 1. The Labute approximate surface area is 186 Å². The average molecular weight is 433 g/mol. The maximum Gasteiger partial charge on any atom is 0.306 e. The normalized spacial score (nSPS) is 21.8. The predicted molar refractivity (Wildman–Crippen MR) is 120 cm³/mol. The summed E-state index contributed by atoms with van der Waals surface area (Å²) in [4.78, 5) is 12.6. The molecule has 0 N–H and O–H groups in total. The van der Waals surface area contributed by atoms with Crippen molar-refractivity contribution in [3.8, 4) is 5.75 Å². The van der Waals surface area contributed by atoms with Crippen molar-refractivity contribution >= 4 is 5.97 Å². The Bertz CT molecular complexity index is 711. The Morgan fingerprint density at radius 3 is 2.48 bits per heavy atom.